The van der Waals surface area contributed by atoms with Crippen LogP contribution in [0.25, 0.3) is 0 Å². The number of carbonyl (C=O) groups is 2. The van der Waals surface area contributed by atoms with Crippen molar-refractivity contribution >= 4 is 23.6 Å². The number of carbonyl (C=O) groups excluding carboxylic acids is 2. The summed E-state index contributed by atoms with van der Waals surface area (Å²) < 4.78 is 39.5. The quantitative estimate of drug-likeness (QED) is 0.807. The molecule has 0 bridgehead atoms. The van der Waals surface area contributed by atoms with E-state index in [0.717, 1.165) is 6.42 Å². The maximum atomic E-state index is 13.3. The molecule has 8 heteroatoms. The molecule has 0 aromatic heterocycles. The van der Waals surface area contributed by atoms with Crippen LogP contribution in [0.4, 0.5) is 13.2 Å². The van der Waals surface area contributed by atoms with Crippen LogP contribution in [0.1, 0.15) is 30.6 Å². The lowest BCUT2D eigenvalue weighted by Crippen LogP contribution is -2.48. The van der Waals surface area contributed by atoms with E-state index in [1.54, 1.807) is 4.90 Å². The number of amides is 2. The molecule has 0 radical (unpaired) electrons. The first-order valence-electron chi connectivity index (χ1n) is 7.88. The van der Waals surface area contributed by atoms with Gasteiger partial charge in [-0.1, -0.05) is 13.8 Å². The van der Waals surface area contributed by atoms with Gasteiger partial charge in [-0.15, -0.1) is 0 Å². The zero-order valence-electron chi connectivity index (χ0n) is 14.4. The van der Waals surface area contributed by atoms with Crippen molar-refractivity contribution in [3.8, 4) is 0 Å². The first kappa shape index (κ1) is 19.6. The molecule has 1 aliphatic rings. The van der Waals surface area contributed by atoms with Crippen LogP contribution in [-0.2, 0) is 4.79 Å². The van der Waals surface area contributed by atoms with Crippen LogP contribution in [0.5, 0.6) is 0 Å². The Morgan fingerprint density at radius 2 is 1.88 bits per heavy atom. The predicted octanol–water partition coefficient (Wildman–Crippen LogP) is 2.82. The van der Waals surface area contributed by atoms with Crippen LogP contribution in [0.2, 0.25) is 0 Å². The van der Waals surface area contributed by atoms with Gasteiger partial charge < -0.3 is 10.2 Å². The molecule has 1 aliphatic heterocycles. The molecule has 4 nitrogen and oxygen atoms in total. The molecule has 1 heterocycles. The highest BCUT2D eigenvalue weighted by Crippen LogP contribution is 2.36. The highest BCUT2D eigenvalue weighted by Gasteiger charge is 2.42. The van der Waals surface area contributed by atoms with Crippen LogP contribution in [-0.4, -0.2) is 47.9 Å². The minimum atomic E-state index is -1.61. The van der Waals surface area contributed by atoms with Crippen LogP contribution >= 0.6 is 11.8 Å². The Kier molecular flexibility index (Phi) is 6.03. The summed E-state index contributed by atoms with van der Waals surface area (Å²) in [7, 11) is 0. The van der Waals surface area contributed by atoms with E-state index in [1.165, 1.54) is 11.8 Å². The molecule has 1 aromatic rings. The van der Waals surface area contributed by atoms with Gasteiger partial charge in [0.2, 0.25) is 5.91 Å². The van der Waals surface area contributed by atoms with Crippen molar-refractivity contribution in [3.63, 3.8) is 0 Å². The molecule has 1 unspecified atom stereocenters. The molecule has 0 spiro atoms. The van der Waals surface area contributed by atoms with Gasteiger partial charge in [0.15, 0.2) is 17.5 Å². The van der Waals surface area contributed by atoms with Gasteiger partial charge >= 0.3 is 0 Å². The molecule has 1 saturated heterocycles. The number of hydrogen-bond donors (Lipinski definition) is 1. The standard InChI is InChI=1S/C17H21F3N2O2S/c1-17(2)4-5-22(14(23)9-25-3)13(17)8-21-16(24)10-6-11(18)15(20)12(19)7-10/h6-7,13H,4-5,8-9H2,1-3H3,(H,21,24). The molecule has 1 fully saturated rings. The van der Waals surface area contributed by atoms with Crippen molar-refractivity contribution in [2.24, 2.45) is 5.41 Å². The Balaban J connectivity index is 2.09. The maximum Gasteiger partial charge on any atom is 0.251 e. The number of rotatable bonds is 5. The lowest BCUT2D eigenvalue weighted by molar-refractivity contribution is -0.129. The minimum absolute atomic E-state index is 0.00352. The van der Waals surface area contributed by atoms with E-state index in [2.05, 4.69) is 5.32 Å². The highest BCUT2D eigenvalue weighted by molar-refractivity contribution is 7.99. The summed E-state index contributed by atoms with van der Waals surface area (Å²) in [5.74, 6) is -4.79. The third kappa shape index (κ3) is 4.29. The molecule has 25 heavy (non-hydrogen) atoms. The zero-order chi connectivity index (χ0) is 18.8. The fourth-order valence-corrected chi connectivity index (χ4v) is 3.44. The molecular formula is C17H21F3N2O2S. The zero-order valence-corrected chi connectivity index (χ0v) is 15.2. The van der Waals surface area contributed by atoms with E-state index in [1.807, 2.05) is 20.1 Å². The van der Waals surface area contributed by atoms with Crippen molar-refractivity contribution in [2.75, 3.05) is 25.1 Å². The summed E-state index contributed by atoms with van der Waals surface area (Å²) in [6.07, 6.45) is 2.64. The van der Waals surface area contributed by atoms with E-state index >= 15 is 0 Å². The average molecular weight is 374 g/mol. The molecule has 2 amide bonds. The van der Waals surface area contributed by atoms with Gasteiger partial charge in [-0.05, 0) is 30.2 Å². The van der Waals surface area contributed by atoms with Gasteiger partial charge in [0.05, 0.1) is 11.8 Å². The number of nitrogens with zero attached hydrogens (tertiary/aromatic N) is 1. The summed E-state index contributed by atoms with van der Waals surface area (Å²) in [4.78, 5) is 26.1. The SMILES string of the molecule is CSCC(=O)N1CCC(C)(C)C1CNC(=O)c1cc(F)c(F)c(F)c1. The first-order chi connectivity index (χ1) is 11.7. The van der Waals surface area contributed by atoms with E-state index in [9.17, 15) is 22.8 Å². The second-order valence-corrected chi connectivity index (χ2v) is 7.60. The Labute approximate surface area is 149 Å². The number of likely N-dealkylation sites (tertiary alicyclic amines) is 1. The third-order valence-electron chi connectivity index (χ3n) is 4.57. The number of thioether (sulfide) groups is 1. The third-order valence-corrected chi connectivity index (χ3v) is 5.10. The van der Waals surface area contributed by atoms with Crippen LogP contribution in [0.3, 0.4) is 0 Å². The minimum Gasteiger partial charge on any atom is -0.350 e. The number of nitrogens with one attached hydrogen (secondary N) is 1. The largest absolute Gasteiger partial charge is 0.350 e. The lowest BCUT2D eigenvalue weighted by atomic mass is 9.84. The van der Waals surface area contributed by atoms with E-state index in [4.69, 9.17) is 0 Å². The Bertz CT molecular complexity index is 659. The second-order valence-electron chi connectivity index (χ2n) is 6.74. The summed E-state index contributed by atoms with van der Waals surface area (Å²) in [5.41, 5.74) is -0.491. The predicted molar refractivity (Wildman–Crippen MR) is 90.9 cm³/mol. The van der Waals surface area contributed by atoms with Crippen molar-refractivity contribution in [2.45, 2.75) is 26.3 Å². The second kappa shape index (κ2) is 7.68. The van der Waals surface area contributed by atoms with Crippen molar-refractivity contribution < 1.29 is 22.8 Å². The average Bonchev–Trinajstić information content (AvgIpc) is 2.84. The van der Waals surface area contributed by atoms with Gasteiger partial charge in [-0.2, -0.15) is 11.8 Å². The molecule has 1 aromatic carbocycles. The molecule has 1 N–H and O–H groups in total. The Hall–Kier alpha value is -1.70. The molecule has 2 rings (SSSR count). The monoisotopic (exact) mass is 374 g/mol. The van der Waals surface area contributed by atoms with Crippen molar-refractivity contribution in [1.29, 1.82) is 0 Å². The Morgan fingerprint density at radius 1 is 1.28 bits per heavy atom. The topological polar surface area (TPSA) is 49.4 Å². The van der Waals surface area contributed by atoms with E-state index in [-0.39, 0.29) is 29.5 Å². The normalized spacial score (nSPS) is 19.1. The fourth-order valence-electron chi connectivity index (χ4n) is 3.02. The molecule has 0 saturated carbocycles. The van der Waals surface area contributed by atoms with Crippen molar-refractivity contribution in [1.82, 2.24) is 10.2 Å². The summed E-state index contributed by atoms with van der Waals surface area (Å²) >= 11 is 1.43. The van der Waals surface area contributed by atoms with Gasteiger partial charge in [0.25, 0.3) is 5.91 Å². The fraction of sp³-hybridized carbons (Fsp3) is 0.529. The smallest absolute Gasteiger partial charge is 0.251 e. The van der Waals surface area contributed by atoms with E-state index < -0.39 is 23.4 Å². The summed E-state index contributed by atoms with van der Waals surface area (Å²) in [6, 6.07) is 1.10. The molecular weight excluding hydrogens is 353 g/mol. The van der Waals surface area contributed by atoms with Gasteiger partial charge in [0.1, 0.15) is 0 Å². The van der Waals surface area contributed by atoms with E-state index in [0.29, 0.717) is 24.4 Å². The number of halogens is 3. The summed E-state index contributed by atoms with van der Waals surface area (Å²) in [6.45, 7) is 4.78. The highest BCUT2D eigenvalue weighted by atomic mass is 32.2. The number of hydrogen-bond acceptors (Lipinski definition) is 3. The van der Waals surface area contributed by atoms with Crippen LogP contribution in [0, 0.1) is 22.9 Å². The first-order valence-corrected chi connectivity index (χ1v) is 9.28. The van der Waals surface area contributed by atoms with Gasteiger partial charge in [-0.3, -0.25) is 9.59 Å². The molecule has 0 aliphatic carbocycles. The lowest BCUT2D eigenvalue weighted by Gasteiger charge is -2.32. The van der Waals surface area contributed by atoms with Crippen molar-refractivity contribution in [3.05, 3.63) is 35.1 Å². The van der Waals surface area contributed by atoms with Crippen LogP contribution in [0.15, 0.2) is 12.1 Å². The molecule has 1 atom stereocenters. The Morgan fingerprint density at radius 3 is 2.44 bits per heavy atom. The summed E-state index contributed by atoms with van der Waals surface area (Å²) in [5, 5.41) is 2.60. The number of benzene rings is 1. The molecule has 138 valence electrons. The van der Waals surface area contributed by atoms with Gasteiger partial charge in [0, 0.05) is 18.7 Å². The van der Waals surface area contributed by atoms with Crippen LogP contribution < -0.4 is 5.32 Å². The maximum absolute atomic E-state index is 13.3. The van der Waals surface area contributed by atoms with Gasteiger partial charge in [-0.25, -0.2) is 13.2 Å².